The van der Waals surface area contributed by atoms with Crippen LogP contribution in [0.25, 0.3) is 0 Å². The van der Waals surface area contributed by atoms with Crippen LogP contribution in [0.1, 0.15) is 12.8 Å². The zero-order valence-electron chi connectivity index (χ0n) is 9.30. The zero-order valence-corrected chi connectivity index (χ0v) is 10.2. The summed E-state index contributed by atoms with van der Waals surface area (Å²) in [6.07, 6.45) is 2.95. The van der Waals surface area contributed by atoms with E-state index in [2.05, 4.69) is 17.5 Å². The molecular weight excluding hydrogens is 218 g/mol. The highest BCUT2D eigenvalue weighted by molar-refractivity contribution is 7.80. The molecule has 3 heteroatoms. The third-order valence-corrected chi connectivity index (χ3v) is 4.11. The first-order valence-corrected chi connectivity index (χ1v) is 6.44. The summed E-state index contributed by atoms with van der Waals surface area (Å²) < 4.78 is 6.10. The van der Waals surface area contributed by atoms with Gasteiger partial charge in [-0.3, -0.25) is 4.90 Å². The van der Waals surface area contributed by atoms with Crippen molar-refractivity contribution >= 4 is 12.6 Å². The van der Waals surface area contributed by atoms with Crippen LogP contribution in [0.4, 0.5) is 0 Å². The van der Waals surface area contributed by atoms with Crippen molar-refractivity contribution in [2.45, 2.75) is 23.8 Å². The van der Waals surface area contributed by atoms with Gasteiger partial charge in [-0.2, -0.15) is 0 Å². The summed E-state index contributed by atoms with van der Waals surface area (Å²) in [5.41, 5.74) is 0. The first-order valence-electron chi connectivity index (χ1n) is 6.00. The molecule has 0 amide bonds. The van der Waals surface area contributed by atoms with Crippen LogP contribution in [-0.2, 0) is 0 Å². The standard InChI is InChI=1S/C13H17NOS/c16-13-4-2-1-3-11(13)15-12-9-14-7-5-10(12)6-8-14/h1-4,10,12,16H,5-9H2/t12-/m0/s1. The number of para-hydroxylation sites is 1. The summed E-state index contributed by atoms with van der Waals surface area (Å²) in [6, 6.07) is 8.00. The molecule has 0 saturated carbocycles. The van der Waals surface area contributed by atoms with E-state index in [0.29, 0.717) is 6.10 Å². The Kier molecular flexibility index (Phi) is 2.82. The molecule has 0 spiro atoms. The molecule has 0 N–H and O–H groups in total. The van der Waals surface area contributed by atoms with Gasteiger partial charge in [0.05, 0.1) is 0 Å². The molecule has 16 heavy (non-hydrogen) atoms. The Hall–Kier alpha value is -0.670. The Bertz CT molecular complexity index is 374. The van der Waals surface area contributed by atoms with E-state index in [1.54, 1.807) is 0 Å². The van der Waals surface area contributed by atoms with Gasteiger partial charge in [-0.25, -0.2) is 0 Å². The SMILES string of the molecule is Sc1ccccc1O[C@H]1CN2CCC1CC2. The molecule has 0 aromatic heterocycles. The van der Waals surface area contributed by atoms with Crippen LogP contribution in [0.5, 0.6) is 5.75 Å². The summed E-state index contributed by atoms with van der Waals surface area (Å²) in [5.74, 6) is 1.68. The fourth-order valence-corrected chi connectivity index (χ4v) is 2.98. The molecule has 1 aromatic carbocycles. The molecule has 0 unspecified atom stereocenters. The number of nitrogens with zero attached hydrogens (tertiary/aromatic N) is 1. The van der Waals surface area contributed by atoms with Crippen molar-refractivity contribution in [3.05, 3.63) is 24.3 Å². The van der Waals surface area contributed by atoms with Gasteiger partial charge in [-0.05, 0) is 44.0 Å². The molecule has 3 fully saturated rings. The number of benzene rings is 1. The van der Waals surface area contributed by atoms with Crippen LogP contribution in [-0.4, -0.2) is 30.6 Å². The smallest absolute Gasteiger partial charge is 0.133 e. The minimum absolute atomic E-state index is 0.371. The van der Waals surface area contributed by atoms with Crippen LogP contribution in [0.15, 0.2) is 29.2 Å². The number of hydrogen-bond donors (Lipinski definition) is 1. The number of ether oxygens (including phenoxy) is 1. The number of piperidine rings is 3. The average molecular weight is 235 g/mol. The molecule has 4 rings (SSSR count). The minimum atomic E-state index is 0.371. The van der Waals surface area contributed by atoms with Crippen LogP contribution < -0.4 is 4.74 Å². The molecule has 1 atom stereocenters. The van der Waals surface area contributed by atoms with Crippen molar-refractivity contribution in [2.24, 2.45) is 5.92 Å². The van der Waals surface area contributed by atoms with Gasteiger partial charge < -0.3 is 4.74 Å². The second-order valence-corrected chi connectivity index (χ2v) is 5.24. The molecule has 0 radical (unpaired) electrons. The van der Waals surface area contributed by atoms with Crippen molar-refractivity contribution in [3.8, 4) is 5.75 Å². The highest BCUT2D eigenvalue weighted by atomic mass is 32.1. The molecule has 1 aromatic rings. The molecule has 3 aliphatic heterocycles. The van der Waals surface area contributed by atoms with Gasteiger partial charge in [0.2, 0.25) is 0 Å². The summed E-state index contributed by atoms with van der Waals surface area (Å²) in [5, 5.41) is 0. The summed E-state index contributed by atoms with van der Waals surface area (Å²) in [7, 11) is 0. The third-order valence-electron chi connectivity index (χ3n) is 3.74. The van der Waals surface area contributed by atoms with E-state index in [4.69, 9.17) is 4.74 Å². The lowest BCUT2D eigenvalue weighted by Gasteiger charge is -2.44. The normalized spacial score (nSPS) is 32.7. The van der Waals surface area contributed by atoms with Gasteiger partial charge in [-0.15, -0.1) is 12.6 Å². The van der Waals surface area contributed by atoms with Gasteiger partial charge in [-0.1, -0.05) is 12.1 Å². The fraction of sp³-hybridized carbons (Fsp3) is 0.538. The topological polar surface area (TPSA) is 12.5 Å². The van der Waals surface area contributed by atoms with E-state index in [9.17, 15) is 0 Å². The Labute approximate surface area is 102 Å². The van der Waals surface area contributed by atoms with Crippen LogP contribution in [0.3, 0.4) is 0 Å². The third kappa shape index (κ3) is 1.94. The van der Waals surface area contributed by atoms with Gasteiger partial charge in [0.1, 0.15) is 11.9 Å². The lowest BCUT2D eigenvalue weighted by molar-refractivity contribution is -0.00904. The summed E-state index contributed by atoms with van der Waals surface area (Å²) >= 11 is 4.43. The van der Waals surface area contributed by atoms with E-state index >= 15 is 0 Å². The van der Waals surface area contributed by atoms with Crippen molar-refractivity contribution in [3.63, 3.8) is 0 Å². The minimum Gasteiger partial charge on any atom is -0.488 e. The van der Waals surface area contributed by atoms with Crippen molar-refractivity contribution in [1.29, 1.82) is 0 Å². The maximum Gasteiger partial charge on any atom is 0.133 e. The lowest BCUT2D eigenvalue weighted by atomic mass is 9.86. The molecule has 2 bridgehead atoms. The molecule has 86 valence electrons. The number of thiol groups is 1. The van der Waals surface area contributed by atoms with Crippen LogP contribution in [0, 0.1) is 5.92 Å². The highest BCUT2D eigenvalue weighted by Crippen LogP contribution is 2.32. The Morgan fingerprint density at radius 2 is 1.94 bits per heavy atom. The quantitative estimate of drug-likeness (QED) is 0.791. The van der Waals surface area contributed by atoms with Crippen molar-refractivity contribution in [1.82, 2.24) is 4.90 Å². The average Bonchev–Trinajstić information content (AvgIpc) is 2.34. The van der Waals surface area contributed by atoms with E-state index < -0.39 is 0 Å². The fourth-order valence-electron chi connectivity index (χ4n) is 2.76. The predicted molar refractivity (Wildman–Crippen MR) is 67.3 cm³/mol. The summed E-state index contributed by atoms with van der Waals surface area (Å²) in [4.78, 5) is 3.45. The van der Waals surface area contributed by atoms with Gasteiger partial charge in [0, 0.05) is 11.4 Å². The Balaban J connectivity index is 1.73. The second kappa shape index (κ2) is 4.30. The van der Waals surface area contributed by atoms with E-state index in [1.165, 1.54) is 25.9 Å². The van der Waals surface area contributed by atoms with Gasteiger partial charge >= 0.3 is 0 Å². The Morgan fingerprint density at radius 1 is 1.19 bits per heavy atom. The van der Waals surface area contributed by atoms with Crippen molar-refractivity contribution < 1.29 is 4.74 Å². The number of rotatable bonds is 2. The molecule has 3 heterocycles. The highest BCUT2D eigenvalue weighted by Gasteiger charge is 2.35. The first-order chi connectivity index (χ1) is 7.83. The largest absolute Gasteiger partial charge is 0.488 e. The number of fused-ring (bicyclic) bond motifs is 3. The van der Waals surface area contributed by atoms with Crippen molar-refractivity contribution in [2.75, 3.05) is 19.6 Å². The van der Waals surface area contributed by atoms with Gasteiger partial charge in [0.15, 0.2) is 0 Å². The maximum atomic E-state index is 6.10. The molecule has 2 nitrogen and oxygen atoms in total. The van der Waals surface area contributed by atoms with Crippen LogP contribution >= 0.6 is 12.6 Å². The zero-order chi connectivity index (χ0) is 11.0. The second-order valence-electron chi connectivity index (χ2n) is 4.76. The maximum absolute atomic E-state index is 6.10. The Morgan fingerprint density at radius 3 is 2.56 bits per heavy atom. The number of hydrogen-bond acceptors (Lipinski definition) is 3. The summed E-state index contributed by atoms with van der Waals surface area (Å²) in [6.45, 7) is 3.60. The molecular formula is C13H17NOS. The van der Waals surface area contributed by atoms with E-state index in [-0.39, 0.29) is 0 Å². The van der Waals surface area contributed by atoms with Crippen LogP contribution in [0.2, 0.25) is 0 Å². The predicted octanol–water partition coefficient (Wildman–Crippen LogP) is 2.45. The van der Waals surface area contributed by atoms with Gasteiger partial charge in [0.25, 0.3) is 0 Å². The first kappa shape index (κ1) is 10.5. The van der Waals surface area contributed by atoms with E-state index in [1.807, 2.05) is 24.3 Å². The molecule has 3 aliphatic rings. The van der Waals surface area contributed by atoms with E-state index in [0.717, 1.165) is 23.1 Å². The molecule has 0 aliphatic carbocycles. The molecule has 3 saturated heterocycles. The monoisotopic (exact) mass is 235 g/mol. The lowest BCUT2D eigenvalue weighted by Crippen LogP contribution is -2.52.